The molecule has 1 fully saturated rings. The van der Waals surface area contributed by atoms with Gasteiger partial charge in [0.05, 0.1) is 12.7 Å². The summed E-state index contributed by atoms with van der Waals surface area (Å²) in [6.45, 7) is 2.19. The summed E-state index contributed by atoms with van der Waals surface area (Å²) >= 11 is 0. The van der Waals surface area contributed by atoms with E-state index in [4.69, 9.17) is 4.42 Å². The van der Waals surface area contributed by atoms with Crippen molar-refractivity contribution in [1.29, 1.82) is 0 Å². The van der Waals surface area contributed by atoms with Crippen LogP contribution in [0.5, 0.6) is 0 Å². The second-order valence-electron chi connectivity index (χ2n) is 5.95. The van der Waals surface area contributed by atoms with E-state index in [0.717, 1.165) is 12.2 Å². The van der Waals surface area contributed by atoms with Crippen LogP contribution in [-0.2, 0) is 9.53 Å². The lowest BCUT2D eigenvalue weighted by Crippen LogP contribution is -2.09. The number of rotatable bonds is 5. The number of carbonyl (C=O) groups is 2. The molecule has 0 spiro atoms. The third-order valence-corrected chi connectivity index (χ3v) is 4.07. The molecule has 2 aromatic rings. The number of benzene rings is 1. The molecular formula is C19H19NO4. The van der Waals surface area contributed by atoms with Gasteiger partial charge in [0.15, 0.2) is 0 Å². The van der Waals surface area contributed by atoms with E-state index in [-0.39, 0.29) is 5.91 Å². The van der Waals surface area contributed by atoms with E-state index >= 15 is 0 Å². The molecule has 1 saturated carbocycles. The average Bonchev–Trinajstić information content (AvgIpc) is 3.13. The van der Waals surface area contributed by atoms with Crippen molar-refractivity contribution in [3.63, 3.8) is 0 Å². The summed E-state index contributed by atoms with van der Waals surface area (Å²) in [5, 5.41) is 2.71. The first-order chi connectivity index (χ1) is 11.6. The van der Waals surface area contributed by atoms with E-state index in [9.17, 15) is 9.59 Å². The monoisotopic (exact) mass is 325 g/mol. The van der Waals surface area contributed by atoms with Gasteiger partial charge in [-0.05, 0) is 48.7 Å². The maximum Gasteiger partial charge on any atom is 0.337 e. The largest absolute Gasteiger partial charge is 0.465 e. The molecular weight excluding hydrogens is 306 g/mol. The molecule has 5 nitrogen and oxygen atoms in total. The van der Waals surface area contributed by atoms with Crippen LogP contribution in [0.2, 0.25) is 0 Å². The smallest absolute Gasteiger partial charge is 0.337 e. The van der Waals surface area contributed by atoms with E-state index in [1.807, 2.05) is 12.1 Å². The van der Waals surface area contributed by atoms with Crippen LogP contribution < -0.4 is 5.32 Å². The molecule has 1 aromatic heterocycles. The van der Waals surface area contributed by atoms with Gasteiger partial charge in [0.2, 0.25) is 5.91 Å². The van der Waals surface area contributed by atoms with Gasteiger partial charge in [-0.2, -0.15) is 0 Å². The molecule has 1 aromatic carbocycles. The Morgan fingerprint density at radius 1 is 1.29 bits per heavy atom. The molecule has 0 radical (unpaired) electrons. The summed E-state index contributed by atoms with van der Waals surface area (Å²) in [5.41, 5.74) is 0.910. The normalized spacial score (nSPS) is 19.2. The summed E-state index contributed by atoms with van der Waals surface area (Å²) in [4.78, 5) is 23.5. The fourth-order valence-corrected chi connectivity index (χ4v) is 2.56. The minimum absolute atomic E-state index is 0.297. The van der Waals surface area contributed by atoms with Gasteiger partial charge in [0, 0.05) is 17.7 Å². The van der Waals surface area contributed by atoms with E-state index in [1.165, 1.54) is 13.2 Å². The molecule has 1 amide bonds. The molecule has 0 bridgehead atoms. The number of esters is 1. The van der Waals surface area contributed by atoms with Crippen LogP contribution in [0.1, 0.15) is 41.1 Å². The number of anilines is 1. The average molecular weight is 325 g/mol. The molecule has 3 rings (SSSR count). The number of nitrogens with one attached hydrogen (secondary N) is 1. The third kappa shape index (κ3) is 3.74. The topological polar surface area (TPSA) is 68.5 Å². The van der Waals surface area contributed by atoms with Gasteiger partial charge in [0.25, 0.3) is 0 Å². The van der Waals surface area contributed by atoms with Crippen molar-refractivity contribution >= 4 is 23.6 Å². The van der Waals surface area contributed by atoms with Gasteiger partial charge in [-0.1, -0.05) is 13.0 Å². The summed E-state index contributed by atoms with van der Waals surface area (Å²) in [5.74, 6) is 2.09. The van der Waals surface area contributed by atoms with Crippen LogP contribution in [-0.4, -0.2) is 19.0 Å². The minimum Gasteiger partial charge on any atom is -0.465 e. The molecule has 124 valence electrons. The molecule has 5 heteroatoms. The van der Waals surface area contributed by atoms with E-state index in [1.54, 1.807) is 30.3 Å². The predicted octanol–water partition coefficient (Wildman–Crippen LogP) is 3.84. The van der Waals surface area contributed by atoms with Crippen LogP contribution in [0, 0.1) is 5.92 Å². The molecule has 1 heterocycles. The number of methoxy groups -OCH3 is 1. The number of furan rings is 1. The van der Waals surface area contributed by atoms with Gasteiger partial charge < -0.3 is 14.5 Å². The Bertz CT molecular complexity index is 790. The number of amides is 1. The first-order valence-corrected chi connectivity index (χ1v) is 7.84. The van der Waals surface area contributed by atoms with Crippen molar-refractivity contribution in [3.8, 4) is 0 Å². The summed E-state index contributed by atoms with van der Waals surface area (Å²) in [6, 6.07) is 10.4. The molecule has 1 N–H and O–H groups in total. The number of ether oxygens (including phenoxy) is 1. The SMILES string of the molecule is COC(=O)c1cccc(NC(=O)/C=C/c2ccc(C3CC3C)o2)c1. The Morgan fingerprint density at radius 3 is 2.79 bits per heavy atom. The Labute approximate surface area is 140 Å². The molecule has 0 saturated heterocycles. The van der Waals surface area contributed by atoms with Gasteiger partial charge >= 0.3 is 5.97 Å². The van der Waals surface area contributed by atoms with Gasteiger partial charge in [-0.15, -0.1) is 0 Å². The van der Waals surface area contributed by atoms with Crippen molar-refractivity contribution in [3.05, 3.63) is 59.6 Å². The highest BCUT2D eigenvalue weighted by Gasteiger charge is 2.36. The fourth-order valence-electron chi connectivity index (χ4n) is 2.56. The Morgan fingerprint density at radius 2 is 2.08 bits per heavy atom. The maximum absolute atomic E-state index is 12.0. The summed E-state index contributed by atoms with van der Waals surface area (Å²) < 4.78 is 10.4. The van der Waals surface area contributed by atoms with Crippen LogP contribution in [0.25, 0.3) is 6.08 Å². The van der Waals surface area contributed by atoms with Gasteiger partial charge in [0.1, 0.15) is 11.5 Å². The lowest BCUT2D eigenvalue weighted by molar-refractivity contribution is -0.111. The molecule has 0 aliphatic heterocycles. The number of carbonyl (C=O) groups excluding carboxylic acids is 2. The summed E-state index contributed by atoms with van der Waals surface area (Å²) in [6.07, 6.45) is 4.20. The highest BCUT2D eigenvalue weighted by Crippen LogP contribution is 2.47. The van der Waals surface area contributed by atoms with Crippen LogP contribution in [0.3, 0.4) is 0 Å². The van der Waals surface area contributed by atoms with Crippen LogP contribution >= 0.6 is 0 Å². The standard InChI is InChI=1S/C19H19NO4/c1-12-10-16(12)17-8-6-15(24-17)7-9-18(21)20-14-5-3-4-13(11-14)19(22)23-2/h3-9,11-12,16H,10H2,1-2H3,(H,20,21)/b9-7+. The zero-order valence-corrected chi connectivity index (χ0v) is 13.6. The molecule has 1 aliphatic rings. The van der Waals surface area contributed by atoms with E-state index < -0.39 is 5.97 Å². The molecule has 1 aliphatic carbocycles. The fraction of sp³-hybridized carbons (Fsp3) is 0.263. The molecule has 2 unspecified atom stereocenters. The number of hydrogen-bond acceptors (Lipinski definition) is 4. The van der Waals surface area contributed by atoms with Crippen LogP contribution in [0.15, 0.2) is 46.9 Å². The lowest BCUT2D eigenvalue weighted by Gasteiger charge is -2.04. The maximum atomic E-state index is 12.0. The minimum atomic E-state index is -0.445. The third-order valence-electron chi connectivity index (χ3n) is 4.07. The molecule has 24 heavy (non-hydrogen) atoms. The quantitative estimate of drug-likeness (QED) is 0.670. The van der Waals surface area contributed by atoms with Gasteiger partial charge in [-0.25, -0.2) is 4.79 Å². The second kappa shape index (κ2) is 6.74. The Hall–Kier alpha value is -2.82. The zero-order chi connectivity index (χ0) is 17.1. The Kier molecular flexibility index (Phi) is 4.51. The first kappa shape index (κ1) is 16.1. The Balaban J connectivity index is 1.61. The highest BCUT2D eigenvalue weighted by atomic mass is 16.5. The van der Waals surface area contributed by atoms with Crippen molar-refractivity contribution in [2.24, 2.45) is 5.92 Å². The highest BCUT2D eigenvalue weighted by molar-refractivity contribution is 6.02. The van der Waals surface area contributed by atoms with Crippen LogP contribution in [0.4, 0.5) is 5.69 Å². The van der Waals surface area contributed by atoms with Crippen molar-refractivity contribution in [2.75, 3.05) is 12.4 Å². The number of hydrogen-bond donors (Lipinski definition) is 1. The van der Waals surface area contributed by atoms with Crippen molar-refractivity contribution in [2.45, 2.75) is 19.3 Å². The lowest BCUT2D eigenvalue weighted by atomic mass is 10.2. The van der Waals surface area contributed by atoms with E-state index in [0.29, 0.717) is 28.8 Å². The summed E-state index contributed by atoms with van der Waals surface area (Å²) in [7, 11) is 1.32. The molecule has 2 atom stereocenters. The first-order valence-electron chi connectivity index (χ1n) is 7.84. The van der Waals surface area contributed by atoms with Crippen molar-refractivity contribution < 1.29 is 18.7 Å². The second-order valence-corrected chi connectivity index (χ2v) is 5.95. The van der Waals surface area contributed by atoms with Crippen molar-refractivity contribution in [1.82, 2.24) is 0 Å². The van der Waals surface area contributed by atoms with E-state index in [2.05, 4.69) is 17.0 Å². The zero-order valence-electron chi connectivity index (χ0n) is 13.6. The van der Waals surface area contributed by atoms with Gasteiger partial charge in [-0.3, -0.25) is 4.79 Å². The predicted molar refractivity (Wildman–Crippen MR) is 90.7 cm³/mol.